The van der Waals surface area contributed by atoms with Crippen LogP contribution in [0, 0.1) is 6.92 Å². The second kappa shape index (κ2) is 9.59. The summed E-state index contributed by atoms with van der Waals surface area (Å²) in [5, 5.41) is 8.74. The molecule has 166 valence electrons. The van der Waals surface area contributed by atoms with Gasteiger partial charge in [0.2, 0.25) is 0 Å². The van der Waals surface area contributed by atoms with Crippen LogP contribution in [-0.2, 0) is 6.61 Å². The summed E-state index contributed by atoms with van der Waals surface area (Å²) in [6.07, 6.45) is 1.73. The molecular weight excluding hydrogens is 420 g/mol. The first-order valence-corrected chi connectivity index (χ1v) is 11.2. The van der Waals surface area contributed by atoms with Gasteiger partial charge in [0.1, 0.15) is 12.4 Å². The van der Waals surface area contributed by atoms with E-state index in [4.69, 9.17) is 4.74 Å². The molecule has 0 fully saturated rings. The SMILES string of the molecule is Cc1ccc(OCc2ccc(C(=O)N/N=C\c3c4ccccc4cc4ccccc34)cc2)cc1. The zero-order valence-electron chi connectivity index (χ0n) is 18.9. The van der Waals surface area contributed by atoms with Gasteiger partial charge in [-0.3, -0.25) is 4.79 Å². The summed E-state index contributed by atoms with van der Waals surface area (Å²) >= 11 is 0. The number of fused-ring (bicyclic) bond motifs is 2. The number of hydrogen-bond donors (Lipinski definition) is 1. The predicted molar refractivity (Wildman–Crippen MR) is 138 cm³/mol. The number of nitrogens with zero attached hydrogens (tertiary/aromatic N) is 1. The summed E-state index contributed by atoms with van der Waals surface area (Å²) in [7, 11) is 0. The van der Waals surface area contributed by atoms with Crippen molar-refractivity contribution in [1.29, 1.82) is 0 Å². The number of nitrogens with one attached hydrogen (secondary N) is 1. The van der Waals surface area contributed by atoms with E-state index in [1.54, 1.807) is 18.3 Å². The third kappa shape index (κ3) is 4.66. The normalized spacial score (nSPS) is 11.2. The fourth-order valence-electron chi connectivity index (χ4n) is 3.96. The van der Waals surface area contributed by atoms with E-state index in [9.17, 15) is 4.79 Å². The lowest BCUT2D eigenvalue weighted by atomic mass is 9.97. The van der Waals surface area contributed by atoms with Crippen molar-refractivity contribution in [2.24, 2.45) is 5.10 Å². The topological polar surface area (TPSA) is 50.7 Å². The van der Waals surface area contributed by atoms with Gasteiger partial charge < -0.3 is 4.74 Å². The smallest absolute Gasteiger partial charge is 0.271 e. The molecule has 0 unspecified atom stereocenters. The van der Waals surface area contributed by atoms with Gasteiger partial charge in [-0.05, 0) is 64.4 Å². The second-order valence-electron chi connectivity index (χ2n) is 8.23. The summed E-state index contributed by atoms with van der Waals surface area (Å²) in [5.74, 6) is 0.564. The van der Waals surface area contributed by atoms with Gasteiger partial charge in [0, 0.05) is 11.1 Å². The highest BCUT2D eigenvalue weighted by molar-refractivity contribution is 6.13. The molecule has 0 aliphatic heterocycles. The van der Waals surface area contributed by atoms with Crippen molar-refractivity contribution in [1.82, 2.24) is 5.43 Å². The van der Waals surface area contributed by atoms with Gasteiger partial charge in [0.05, 0.1) is 6.21 Å². The van der Waals surface area contributed by atoms with Crippen LogP contribution < -0.4 is 10.2 Å². The Morgan fingerprint density at radius 2 is 1.44 bits per heavy atom. The van der Waals surface area contributed by atoms with Gasteiger partial charge in [-0.15, -0.1) is 0 Å². The first-order valence-electron chi connectivity index (χ1n) is 11.2. The Balaban J connectivity index is 1.28. The Labute approximate surface area is 198 Å². The molecule has 1 N–H and O–H groups in total. The van der Waals surface area contributed by atoms with Gasteiger partial charge in [-0.25, -0.2) is 5.43 Å². The highest BCUT2D eigenvalue weighted by Gasteiger charge is 2.07. The minimum Gasteiger partial charge on any atom is -0.489 e. The largest absolute Gasteiger partial charge is 0.489 e. The van der Waals surface area contributed by atoms with Crippen LogP contribution in [0.1, 0.15) is 27.0 Å². The van der Waals surface area contributed by atoms with Crippen molar-refractivity contribution in [3.8, 4) is 5.75 Å². The third-order valence-electron chi connectivity index (χ3n) is 5.82. The molecule has 34 heavy (non-hydrogen) atoms. The molecule has 0 aromatic heterocycles. The number of hydrazone groups is 1. The summed E-state index contributed by atoms with van der Waals surface area (Å²) in [6, 6.07) is 33.9. The molecule has 0 saturated heterocycles. The quantitative estimate of drug-likeness (QED) is 0.181. The van der Waals surface area contributed by atoms with Crippen LogP contribution in [0.15, 0.2) is 108 Å². The van der Waals surface area contributed by atoms with Crippen LogP contribution in [-0.4, -0.2) is 12.1 Å². The fourth-order valence-corrected chi connectivity index (χ4v) is 3.96. The van der Waals surface area contributed by atoms with Gasteiger partial charge in [0.15, 0.2) is 0 Å². The maximum absolute atomic E-state index is 12.6. The minimum atomic E-state index is -0.258. The number of aryl methyl sites for hydroxylation is 1. The maximum Gasteiger partial charge on any atom is 0.271 e. The monoisotopic (exact) mass is 444 g/mol. The van der Waals surface area contributed by atoms with E-state index >= 15 is 0 Å². The highest BCUT2D eigenvalue weighted by Crippen LogP contribution is 2.27. The molecule has 0 aliphatic rings. The van der Waals surface area contributed by atoms with Crippen LogP contribution in [0.3, 0.4) is 0 Å². The van der Waals surface area contributed by atoms with Crippen LogP contribution >= 0.6 is 0 Å². The van der Waals surface area contributed by atoms with Crippen LogP contribution in [0.4, 0.5) is 0 Å². The molecule has 5 aromatic rings. The number of ether oxygens (including phenoxy) is 1. The van der Waals surface area contributed by atoms with Gasteiger partial charge in [-0.2, -0.15) is 5.10 Å². The van der Waals surface area contributed by atoms with E-state index in [1.807, 2.05) is 67.6 Å². The first kappa shape index (κ1) is 21.4. The molecule has 0 saturated carbocycles. The van der Waals surface area contributed by atoms with E-state index in [0.29, 0.717) is 12.2 Å². The Morgan fingerprint density at radius 1 is 0.824 bits per heavy atom. The minimum absolute atomic E-state index is 0.258. The maximum atomic E-state index is 12.6. The number of amides is 1. The Kier molecular flexibility index (Phi) is 6.04. The molecular formula is C30H24N2O2. The number of benzene rings is 5. The van der Waals surface area contributed by atoms with Crippen molar-refractivity contribution in [2.75, 3.05) is 0 Å². The van der Waals surface area contributed by atoms with E-state index in [0.717, 1.165) is 38.4 Å². The molecule has 5 aromatic carbocycles. The van der Waals surface area contributed by atoms with Gasteiger partial charge >= 0.3 is 0 Å². The van der Waals surface area contributed by atoms with Crippen LogP contribution in [0.25, 0.3) is 21.5 Å². The summed E-state index contributed by atoms with van der Waals surface area (Å²) in [5.41, 5.74) is 6.37. The van der Waals surface area contributed by atoms with Crippen LogP contribution in [0.5, 0.6) is 5.75 Å². The second-order valence-corrected chi connectivity index (χ2v) is 8.23. The fraction of sp³-hybridized carbons (Fsp3) is 0.0667. The predicted octanol–water partition coefficient (Wildman–Crippen LogP) is 6.64. The van der Waals surface area contributed by atoms with Crippen molar-refractivity contribution < 1.29 is 9.53 Å². The van der Waals surface area contributed by atoms with Gasteiger partial charge in [-0.1, -0.05) is 78.4 Å². The van der Waals surface area contributed by atoms with Crippen molar-refractivity contribution in [3.63, 3.8) is 0 Å². The molecule has 0 heterocycles. The zero-order valence-corrected chi connectivity index (χ0v) is 18.9. The van der Waals surface area contributed by atoms with Crippen LogP contribution in [0.2, 0.25) is 0 Å². The van der Waals surface area contributed by atoms with E-state index in [2.05, 4.69) is 40.9 Å². The standard InChI is InChI=1S/C30H24N2O2/c1-21-10-16-26(17-11-21)34-20-22-12-14-23(15-13-22)30(33)32-31-19-29-27-8-4-2-6-24(27)18-25-7-3-5-9-28(25)29/h2-19H,20H2,1H3,(H,32,33)/b31-19-. The van der Waals surface area contributed by atoms with Gasteiger partial charge in [0.25, 0.3) is 5.91 Å². The lowest BCUT2D eigenvalue weighted by Gasteiger charge is -2.08. The lowest BCUT2D eigenvalue weighted by Crippen LogP contribution is -2.17. The molecule has 0 atom stereocenters. The van der Waals surface area contributed by atoms with Crippen molar-refractivity contribution in [2.45, 2.75) is 13.5 Å². The molecule has 0 bridgehead atoms. The average molecular weight is 445 g/mol. The zero-order chi connectivity index (χ0) is 23.3. The molecule has 0 aliphatic carbocycles. The molecule has 4 heteroatoms. The number of hydrogen-bond acceptors (Lipinski definition) is 3. The Hall–Kier alpha value is -4.44. The van der Waals surface area contributed by atoms with Crippen molar-refractivity contribution >= 4 is 33.7 Å². The third-order valence-corrected chi connectivity index (χ3v) is 5.82. The molecule has 0 radical (unpaired) electrons. The molecule has 5 rings (SSSR count). The molecule has 0 spiro atoms. The molecule has 4 nitrogen and oxygen atoms in total. The first-order chi connectivity index (χ1) is 16.7. The summed E-state index contributed by atoms with van der Waals surface area (Å²) in [4.78, 5) is 12.6. The van der Waals surface area contributed by atoms with E-state index < -0.39 is 0 Å². The number of carbonyl (C=O) groups is 1. The average Bonchev–Trinajstić information content (AvgIpc) is 2.88. The summed E-state index contributed by atoms with van der Waals surface area (Å²) in [6.45, 7) is 2.49. The van der Waals surface area contributed by atoms with E-state index in [1.165, 1.54) is 5.56 Å². The summed E-state index contributed by atoms with van der Waals surface area (Å²) < 4.78 is 5.81. The Morgan fingerprint density at radius 3 is 2.09 bits per heavy atom. The number of carbonyl (C=O) groups excluding carboxylic acids is 1. The lowest BCUT2D eigenvalue weighted by molar-refractivity contribution is 0.0955. The van der Waals surface area contributed by atoms with Crippen molar-refractivity contribution in [3.05, 3.63) is 125 Å². The highest BCUT2D eigenvalue weighted by atomic mass is 16.5. The van der Waals surface area contributed by atoms with E-state index in [-0.39, 0.29) is 5.91 Å². The molecule has 1 amide bonds. The number of rotatable bonds is 6. The Bertz CT molecular complexity index is 1430.